The van der Waals surface area contributed by atoms with E-state index in [1.807, 2.05) is 54.6 Å². The summed E-state index contributed by atoms with van der Waals surface area (Å²) in [6.07, 6.45) is 1.85. The number of nitrogens with zero attached hydrogens (tertiary/aromatic N) is 1. The maximum Gasteiger partial charge on any atom is 0.248 e. The number of piperidine rings is 1. The fraction of sp³-hybridized carbons (Fsp3) is 0.364. The van der Waals surface area contributed by atoms with Gasteiger partial charge in [0.1, 0.15) is 5.54 Å². The second kappa shape index (κ2) is 8.54. The van der Waals surface area contributed by atoms with E-state index in [0.717, 1.165) is 37.1 Å². The van der Waals surface area contributed by atoms with Crippen molar-refractivity contribution in [3.8, 4) is 0 Å². The van der Waals surface area contributed by atoms with Crippen molar-refractivity contribution in [3.63, 3.8) is 0 Å². The molecular formula is C22H28N4O2. The molecule has 0 spiro atoms. The number of nitrogens with two attached hydrogens (primary N) is 2. The highest BCUT2D eigenvalue weighted by Gasteiger charge is 2.30. The lowest BCUT2D eigenvalue weighted by atomic mass is 9.92. The molecular weight excluding hydrogens is 352 g/mol. The van der Waals surface area contributed by atoms with Crippen LogP contribution in [0.2, 0.25) is 0 Å². The Morgan fingerprint density at radius 2 is 1.82 bits per heavy atom. The van der Waals surface area contributed by atoms with Crippen LogP contribution in [0.15, 0.2) is 54.6 Å². The molecule has 0 saturated carbocycles. The Bertz CT molecular complexity index is 818. The van der Waals surface area contributed by atoms with Crippen molar-refractivity contribution >= 4 is 17.5 Å². The van der Waals surface area contributed by atoms with Gasteiger partial charge in [-0.05, 0) is 49.6 Å². The number of hydrogen-bond acceptors (Lipinski definition) is 4. The van der Waals surface area contributed by atoms with Gasteiger partial charge in [-0.1, -0.05) is 42.5 Å². The monoisotopic (exact) mass is 380 g/mol. The van der Waals surface area contributed by atoms with Gasteiger partial charge in [-0.15, -0.1) is 0 Å². The van der Waals surface area contributed by atoms with Crippen molar-refractivity contribution in [1.29, 1.82) is 0 Å². The Labute approximate surface area is 165 Å². The second-order valence-corrected chi connectivity index (χ2v) is 7.70. The van der Waals surface area contributed by atoms with E-state index in [9.17, 15) is 9.59 Å². The first-order chi connectivity index (χ1) is 13.4. The minimum absolute atomic E-state index is 0.0625. The van der Waals surface area contributed by atoms with Gasteiger partial charge in [0.15, 0.2) is 0 Å². The van der Waals surface area contributed by atoms with Gasteiger partial charge in [-0.3, -0.25) is 14.5 Å². The molecule has 28 heavy (non-hydrogen) atoms. The van der Waals surface area contributed by atoms with Crippen LogP contribution in [0.5, 0.6) is 0 Å². The summed E-state index contributed by atoms with van der Waals surface area (Å²) in [5.41, 5.74) is 13.2. The predicted molar refractivity (Wildman–Crippen MR) is 110 cm³/mol. The van der Waals surface area contributed by atoms with E-state index in [2.05, 4.69) is 10.2 Å². The minimum Gasteiger partial charge on any atom is -0.369 e. The largest absolute Gasteiger partial charge is 0.369 e. The molecule has 6 nitrogen and oxygen atoms in total. The summed E-state index contributed by atoms with van der Waals surface area (Å²) in [7, 11) is 0. The van der Waals surface area contributed by atoms with Crippen LogP contribution >= 0.6 is 0 Å². The molecule has 5 N–H and O–H groups in total. The number of benzene rings is 2. The number of primary amides is 1. The van der Waals surface area contributed by atoms with E-state index >= 15 is 0 Å². The average Bonchev–Trinajstić information content (AvgIpc) is 2.70. The number of carbonyl (C=O) groups is 2. The second-order valence-electron chi connectivity index (χ2n) is 7.70. The SMILES string of the molecule is CC(N)(C(=O)Nc1ccc(CN2CCCC(C(N)=O)C2)cc1)c1ccccc1. The molecule has 0 aromatic heterocycles. The van der Waals surface area contributed by atoms with Gasteiger partial charge in [-0.2, -0.15) is 0 Å². The summed E-state index contributed by atoms with van der Waals surface area (Å²) in [6.45, 7) is 4.13. The zero-order chi connectivity index (χ0) is 20.1. The zero-order valence-corrected chi connectivity index (χ0v) is 16.2. The summed E-state index contributed by atoms with van der Waals surface area (Å²) >= 11 is 0. The van der Waals surface area contributed by atoms with Crippen molar-refractivity contribution < 1.29 is 9.59 Å². The average molecular weight is 380 g/mol. The molecule has 0 radical (unpaired) electrons. The molecule has 1 aliphatic heterocycles. The fourth-order valence-electron chi connectivity index (χ4n) is 3.56. The van der Waals surface area contributed by atoms with Crippen molar-refractivity contribution in [3.05, 3.63) is 65.7 Å². The molecule has 2 atom stereocenters. The Morgan fingerprint density at radius 3 is 2.46 bits per heavy atom. The summed E-state index contributed by atoms with van der Waals surface area (Å²) in [5, 5.41) is 2.89. The van der Waals surface area contributed by atoms with Crippen LogP contribution in [-0.4, -0.2) is 29.8 Å². The third-order valence-electron chi connectivity index (χ3n) is 5.37. The summed E-state index contributed by atoms with van der Waals surface area (Å²) < 4.78 is 0. The van der Waals surface area contributed by atoms with Crippen LogP contribution < -0.4 is 16.8 Å². The first-order valence-electron chi connectivity index (χ1n) is 9.63. The van der Waals surface area contributed by atoms with Crippen molar-refractivity contribution in [1.82, 2.24) is 4.90 Å². The van der Waals surface area contributed by atoms with Gasteiger partial charge < -0.3 is 16.8 Å². The number of rotatable bonds is 6. The third-order valence-corrected chi connectivity index (χ3v) is 5.37. The highest BCUT2D eigenvalue weighted by atomic mass is 16.2. The van der Waals surface area contributed by atoms with Gasteiger partial charge >= 0.3 is 0 Å². The first kappa shape index (κ1) is 20.0. The Morgan fingerprint density at radius 1 is 1.14 bits per heavy atom. The molecule has 3 rings (SSSR count). The predicted octanol–water partition coefficient (Wildman–Crippen LogP) is 2.20. The molecule has 1 saturated heterocycles. The van der Waals surface area contributed by atoms with Crippen molar-refractivity contribution in [2.24, 2.45) is 17.4 Å². The molecule has 0 bridgehead atoms. The third kappa shape index (κ3) is 4.77. The maximum atomic E-state index is 12.6. The first-order valence-corrected chi connectivity index (χ1v) is 9.63. The standard InChI is InChI=1S/C22H28N4O2/c1-22(24,18-7-3-2-4-8-18)21(28)25-19-11-9-16(10-12-19)14-26-13-5-6-17(15-26)20(23)27/h2-4,7-12,17H,5-6,13-15,24H2,1H3,(H2,23,27)(H,25,28). The van der Waals surface area contributed by atoms with Gasteiger partial charge in [0.25, 0.3) is 0 Å². The number of carbonyl (C=O) groups excluding carboxylic acids is 2. The van der Waals surface area contributed by atoms with Gasteiger partial charge in [0.05, 0.1) is 5.92 Å². The van der Waals surface area contributed by atoms with Crippen LogP contribution in [0, 0.1) is 5.92 Å². The lowest BCUT2D eigenvalue weighted by molar-refractivity contribution is -0.123. The molecule has 2 unspecified atom stereocenters. The number of anilines is 1. The fourth-order valence-corrected chi connectivity index (χ4v) is 3.56. The van der Waals surface area contributed by atoms with Crippen molar-refractivity contribution in [2.45, 2.75) is 31.8 Å². The Balaban J connectivity index is 1.60. The number of likely N-dealkylation sites (tertiary alicyclic amines) is 1. The number of nitrogens with one attached hydrogen (secondary N) is 1. The summed E-state index contributed by atoms with van der Waals surface area (Å²) in [5.74, 6) is -0.537. The summed E-state index contributed by atoms with van der Waals surface area (Å²) in [6, 6.07) is 17.1. The van der Waals surface area contributed by atoms with E-state index in [-0.39, 0.29) is 17.7 Å². The Hall–Kier alpha value is -2.70. The molecule has 2 amide bonds. The lowest BCUT2D eigenvalue weighted by Crippen LogP contribution is -2.45. The topological polar surface area (TPSA) is 101 Å². The minimum atomic E-state index is -1.11. The van der Waals surface area contributed by atoms with Crippen LogP contribution in [0.1, 0.15) is 30.9 Å². The normalized spacial score (nSPS) is 19.6. The van der Waals surface area contributed by atoms with Crippen LogP contribution in [0.4, 0.5) is 5.69 Å². The molecule has 1 aliphatic rings. The quantitative estimate of drug-likeness (QED) is 0.715. The zero-order valence-electron chi connectivity index (χ0n) is 16.2. The van der Waals surface area contributed by atoms with Gasteiger partial charge in [0, 0.05) is 18.8 Å². The van der Waals surface area contributed by atoms with Gasteiger partial charge in [-0.25, -0.2) is 0 Å². The molecule has 0 aliphatic carbocycles. The highest BCUT2D eigenvalue weighted by molar-refractivity contribution is 5.98. The van der Waals surface area contributed by atoms with E-state index < -0.39 is 5.54 Å². The van der Waals surface area contributed by atoms with Gasteiger partial charge in [0.2, 0.25) is 11.8 Å². The van der Waals surface area contributed by atoms with E-state index in [0.29, 0.717) is 12.2 Å². The van der Waals surface area contributed by atoms with E-state index in [1.165, 1.54) is 0 Å². The maximum absolute atomic E-state index is 12.6. The Kier molecular flexibility index (Phi) is 6.11. The molecule has 148 valence electrons. The van der Waals surface area contributed by atoms with E-state index in [1.54, 1.807) is 6.92 Å². The van der Waals surface area contributed by atoms with Crippen LogP contribution in [0.3, 0.4) is 0 Å². The summed E-state index contributed by atoms with van der Waals surface area (Å²) in [4.78, 5) is 26.3. The highest BCUT2D eigenvalue weighted by Crippen LogP contribution is 2.22. The molecule has 1 fully saturated rings. The molecule has 1 heterocycles. The van der Waals surface area contributed by atoms with Crippen LogP contribution in [0.25, 0.3) is 0 Å². The lowest BCUT2D eigenvalue weighted by Gasteiger charge is -2.31. The number of amides is 2. The smallest absolute Gasteiger partial charge is 0.248 e. The van der Waals surface area contributed by atoms with Crippen LogP contribution in [-0.2, 0) is 21.7 Å². The molecule has 2 aromatic rings. The van der Waals surface area contributed by atoms with Crippen molar-refractivity contribution in [2.75, 3.05) is 18.4 Å². The molecule has 2 aromatic carbocycles. The van der Waals surface area contributed by atoms with E-state index in [4.69, 9.17) is 11.5 Å². The number of hydrogen-bond donors (Lipinski definition) is 3. The molecule has 6 heteroatoms.